The van der Waals surface area contributed by atoms with Gasteiger partial charge in [-0.15, -0.1) is 0 Å². The summed E-state index contributed by atoms with van der Waals surface area (Å²) in [4.78, 5) is 23.8. The van der Waals surface area contributed by atoms with Crippen molar-refractivity contribution in [2.75, 3.05) is 0 Å². The van der Waals surface area contributed by atoms with Gasteiger partial charge in [0.25, 0.3) is 0 Å². The lowest BCUT2D eigenvalue weighted by molar-refractivity contribution is 0.101. The SMILES string of the molecule is CC(=O)c1cc2ccc1CCc1cc(C(C)(C)C)cc(c1C=O)CC2. The van der Waals surface area contributed by atoms with Gasteiger partial charge in [-0.2, -0.15) is 0 Å². The van der Waals surface area contributed by atoms with Crippen molar-refractivity contribution >= 4 is 12.1 Å². The first-order valence-corrected chi connectivity index (χ1v) is 9.04. The second-order valence-corrected chi connectivity index (χ2v) is 8.12. The van der Waals surface area contributed by atoms with Crippen LogP contribution in [0.1, 0.15) is 76.2 Å². The Morgan fingerprint density at radius 1 is 0.920 bits per heavy atom. The Morgan fingerprint density at radius 3 is 2.08 bits per heavy atom. The third-order valence-electron chi connectivity index (χ3n) is 5.24. The molecule has 2 aliphatic carbocycles. The molecule has 0 saturated heterocycles. The fraction of sp³-hybridized carbons (Fsp3) is 0.391. The second kappa shape index (κ2) is 6.59. The average Bonchev–Trinajstić information content (AvgIpc) is 2.58. The molecule has 4 bridgehead atoms. The third kappa shape index (κ3) is 3.58. The Morgan fingerprint density at radius 2 is 1.52 bits per heavy atom. The number of fused-ring (bicyclic) bond motifs is 4. The molecule has 130 valence electrons. The molecule has 2 nitrogen and oxygen atoms in total. The fourth-order valence-electron chi connectivity index (χ4n) is 3.65. The van der Waals surface area contributed by atoms with Gasteiger partial charge in [0.2, 0.25) is 0 Å². The number of aryl methyl sites for hydroxylation is 4. The first-order chi connectivity index (χ1) is 11.8. The zero-order valence-electron chi connectivity index (χ0n) is 15.6. The van der Waals surface area contributed by atoms with Crippen molar-refractivity contribution in [1.29, 1.82) is 0 Å². The van der Waals surface area contributed by atoms with Gasteiger partial charge < -0.3 is 0 Å². The van der Waals surface area contributed by atoms with Crippen molar-refractivity contribution in [3.05, 3.63) is 69.3 Å². The van der Waals surface area contributed by atoms with Crippen LogP contribution in [-0.2, 0) is 31.1 Å². The zero-order valence-corrected chi connectivity index (χ0v) is 15.6. The topological polar surface area (TPSA) is 34.1 Å². The Balaban J connectivity index is 2.15. The van der Waals surface area contributed by atoms with E-state index >= 15 is 0 Å². The number of carbonyl (C=O) groups excluding carboxylic acids is 2. The molecule has 4 rings (SSSR count). The Kier molecular flexibility index (Phi) is 4.64. The summed E-state index contributed by atoms with van der Waals surface area (Å²) in [7, 11) is 0. The lowest BCUT2D eigenvalue weighted by Crippen LogP contribution is -2.14. The van der Waals surface area contributed by atoms with Crippen LogP contribution in [0.4, 0.5) is 0 Å². The van der Waals surface area contributed by atoms with Gasteiger partial charge in [0.15, 0.2) is 12.1 Å². The highest BCUT2D eigenvalue weighted by Crippen LogP contribution is 2.29. The minimum Gasteiger partial charge on any atom is -0.298 e. The molecular formula is C23H26O2. The van der Waals surface area contributed by atoms with Gasteiger partial charge in [-0.25, -0.2) is 0 Å². The van der Waals surface area contributed by atoms with Crippen molar-refractivity contribution in [2.24, 2.45) is 0 Å². The molecule has 0 saturated carbocycles. The maximum Gasteiger partial charge on any atom is 0.160 e. The van der Waals surface area contributed by atoms with Crippen LogP contribution in [0.5, 0.6) is 0 Å². The molecule has 0 heterocycles. The highest BCUT2D eigenvalue weighted by atomic mass is 16.1. The van der Waals surface area contributed by atoms with Gasteiger partial charge in [-0.3, -0.25) is 9.59 Å². The zero-order chi connectivity index (χ0) is 18.2. The quantitative estimate of drug-likeness (QED) is 0.579. The highest BCUT2D eigenvalue weighted by molar-refractivity contribution is 5.95. The van der Waals surface area contributed by atoms with Crippen LogP contribution in [0.2, 0.25) is 0 Å². The minimum absolute atomic E-state index is 0.0470. The lowest BCUT2D eigenvalue weighted by atomic mass is 9.82. The molecule has 2 heteroatoms. The van der Waals surface area contributed by atoms with E-state index in [2.05, 4.69) is 45.0 Å². The van der Waals surface area contributed by atoms with Crippen LogP contribution in [0.3, 0.4) is 0 Å². The molecule has 2 aromatic rings. The van der Waals surface area contributed by atoms with E-state index in [1.807, 2.05) is 6.07 Å². The van der Waals surface area contributed by atoms with Gasteiger partial charge in [0.1, 0.15) is 0 Å². The summed E-state index contributed by atoms with van der Waals surface area (Å²) in [6.45, 7) is 8.26. The molecule has 0 radical (unpaired) electrons. The molecule has 0 fully saturated rings. The summed E-state index contributed by atoms with van der Waals surface area (Å²) in [6.07, 6.45) is 4.24. The molecule has 0 atom stereocenters. The third-order valence-corrected chi connectivity index (χ3v) is 5.24. The second-order valence-electron chi connectivity index (χ2n) is 8.12. The van der Waals surface area contributed by atoms with E-state index in [1.54, 1.807) is 6.92 Å². The number of Topliss-reactive ketones (excluding diaryl/α,β-unsaturated/α-hetero) is 1. The van der Waals surface area contributed by atoms with E-state index in [0.717, 1.165) is 65.4 Å². The number of hydrogen-bond acceptors (Lipinski definition) is 2. The predicted octanol–water partition coefficient (Wildman–Crippen LogP) is 4.88. The number of rotatable bonds is 2. The van der Waals surface area contributed by atoms with Crippen LogP contribution < -0.4 is 0 Å². The van der Waals surface area contributed by atoms with Gasteiger partial charge in [0, 0.05) is 11.1 Å². The monoisotopic (exact) mass is 334 g/mol. The molecule has 25 heavy (non-hydrogen) atoms. The molecule has 0 aliphatic heterocycles. The number of hydrogen-bond donors (Lipinski definition) is 0. The number of aldehydes is 1. The molecule has 0 amide bonds. The van der Waals surface area contributed by atoms with Crippen LogP contribution >= 0.6 is 0 Å². The van der Waals surface area contributed by atoms with E-state index in [4.69, 9.17) is 0 Å². The Hall–Kier alpha value is -2.22. The van der Waals surface area contributed by atoms with Crippen LogP contribution in [0.15, 0.2) is 30.3 Å². The van der Waals surface area contributed by atoms with Crippen LogP contribution in [-0.4, -0.2) is 12.1 Å². The van der Waals surface area contributed by atoms with Crippen molar-refractivity contribution in [3.63, 3.8) is 0 Å². The summed E-state index contributed by atoms with van der Waals surface area (Å²) in [5, 5.41) is 0. The molecule has 0 N–H and O–H groups in total. The predicted molar refractivity (Wildman–Crippen MR) is 102 cm³/mol. The lowest BCUT2D eigenvalue weighted by Gasteiger charge is -2.23. The van der Waals surface area contributed by atoms with E-state index in [1.165, 1.54) is 5.56 Å². The largest absolute Gasteiger partial charge is 0.298 e. The first kappa shape index (κ1) is 17.6. The van der Waals surface area contributed by atoms with E-state index in [0.29, 0.717) is 0 Å². The van der Waals surface area contributed by atoms with Crippen molar-refractivity contribution < 1.29 is 9.59 Å². The molecule has 0 spiro atoms. The maximum absolute atomic E-state index is 12.0. The van der Waals surface area contributed by atoms with E-state index in [9.17, 15) is 9.59 Å². The van der Waals surface area contributed by atoms with Crippen molar-refractivity contribution in [3.8, 4) is 0 Å². The summed E-state index contributed by atoms with van der Waals surface area (Å²) in [5.74, 6) is 0.119. The van der Waals surface area contributed by atoms with Gasteiger partial charge in [-0.05, 0) is 71.9 Å². The van der Waals surface area contributed by atoms with E-state index in [-0.39, 0.29) is 11.2 Å². The van der Waals surface area contributed by atoms with Gasteiger partial charge >= 0.3 is 0 Å². The van der Waals surface area contributed by atoms with Crippen LogP contribution in [0, 0.1) is 0 Å². The average molecular weight is 334 g/mol. The smallest absolute Gasteiger partial charge is 0.160 e. The normalized spacial score (nSPS) is 14.1. The standard InChI is InChI=1S/C23H26O2/c1-15(25)21-11-16-5-7-17(21)9-10-19-13-20(23(2,3)4)12-18(8-6-16)22(19)14-24/h5,7,11-14H,6,8-10H2,1-4H3. The van der Waals surface area contributed by atoms with E-state index < -0.39 is 0 Å². The molecule has 0 aromatic heterocycles. The Bertz CT molecular complexity index is 838. The first-order valence-electron chi connectivity index (χ1n) is 9.04. The molecule has 2 aliphatic rings. The molecule has 0 unspecified atom stereocenters. The number of ketones is 1. The van der Waals surface area contributed by atoms with Crippen molar-refractivity contribution in [2.45, 2.75) is 58.8 Å². The minimum atomic E-state index is 0.0470. The summed E-state index contributed by atoms with van der Waals surface area (Å²) in [6, 6.07) is 10.6. The molecule has 2 aromatic carbocycles. The number of carbonyl (C=O) groups is 2. The fourth-order valence-corrected chi connectivity index (χ4v) is 3.65. The molecular weight excluding hydrogens is 308 g/mol. The highest BCUT2D eigenvalue weighted by Gasteiger charge is 2.20. The summed E-state index contributed by atoms with van der Waals surface area (Å²) in [5.41, 5.74) is 7.48. The maximum atomic E-state index is 12.0. The summed E-state index contributed by atoms with van der Waals surface area (Å²) >= 11 is 0. The number of benzene rings is 2. The Labute approximate surface area is 150 Å². The van der Waals surface area contributed by atoms with Crippen LogP contribution in [0.25, 0.3) is 0 Å². The van der Waals surface area contributed by atoms with Gasteiger partial charge in [-0.1, -0.05) is 45.0 Å². The summed E-state index contributed by atoms with van der Waals surface area (Å²) < 4.78 is 0. The van der Waals surface area contributed by atoms with Crippen molar-refractivity contribution in [1.82, 2.24) is 0 Å². The van der Waals surface area contributed by atoms with Gasteiger partial charge in [0.05, 0.1) is 0 Å².